The lowest BCUT2D eigenvalue weighted by molar-refractivity contribution is 0.242. The Labute approximate surface area is 158 Å². The van der Waals surface area contributed by atoms with Crippen LogP contribution in [0.5, 0.6) is 11.5 Å². The topological polar surface area (TPSA) is 57.4 Å². The third-order valence-corrected chi connectivity index (χ3v) is 4.81. The summed E-state index contributed by atoms with van der Waals surface area (Å²) in [6.45, 7) is 0.180. The first-order valence-corrected chi connectivity index (χ1v) is 8.81. The van der Waals surface area contributed by atoms with Crippen molar-refractivity contribution in [1.29, 1.82) is 0 Å². The predicted molar refractivity (Wildman–Crippen MR) is 102 cm³/mol. The van der Waals surface area contributed by atoms with Crippen LogP contribution in [0, 0.1) is 0 Å². The molecular weight excluding hydrogens is 396 g/mol. The highest BCUT2D eigenvalue weighted by molar-refractivity contribution is 9.10. The first-order valence-electron chi connectivity index (χ1n) is 8.02. The van der Waals surface area contributed by atoms with Crippen molar-refractivity contribution in [2.24, 2.45) is 0 Å². The molecule has 0 fully saturated rings. The van der Waals surface area contributed by atoms with Gasteiger partial charge in [-0.05, 0) is 44.9 Å². The number of nitrogens with zero attached hydrogens (tertiary/aromatic N) is 2. The molecule has 0 bridgehead atoms. The van der Waals surface area contributed by atoms with Gasteiger partial charge in [0, 0.05) is 0 Å². The van der Waals surface area contributed by atoms with Crippen LogP contribution in [-0.4, -0.2) is 17.3 Å². The van der Waals surface area contributed by atoms with Gasteiger partial charge in [-0.2, -0.15) is 4.98 Å². The van der Waals surface area contributed by atoms with Crippen LogP contribution in [0.4, 0.5) is 0 Å². The number of halogens is 1. The zero-order valence-corrected chi connectivity index (χ0v) is 15.6. The lowest BCUT2D eigenvalue weighted by Crippen LogP contribution is -1.97. The summed E-state index contributed by atoms with van der Waals surface area (Å²) in [6, 6.07) is 19.6. The molecule has 0 N–H and O–H groups in total. The molecule has 0 atom stereocenters. The van der Waals surface area contributed by atoms with E-state index in [1.165, 1.54) is 0 Å². The Balaban J connectivity index is 1.54. The molecule has 0 saturated heterocycles. The number of para-hydroxylation sites is 1. The van der Waals surface area contributed by atoms with E-state index < -0.39 is 0 Å². The molecule has 0 aliphatic rings. The van der Waals surface area contributed by atoms with Gasteiger partial charge < -0.3 is 14.0 Å². The van der Waals surface area contributed by atoms with Crippen molar-refractivity contribution < 1.29 is 14.0 Å². The van der Waals surface area contributed by atoms with Gasteiger partial charge in [-0.25, -0.2) is 0 Å². The average Bonchev–Trinajstić information content (AvgIpc) is 3.16. The highest BCUT2D eigenvalue weighted by Crippen LogP contribution is 2.33. The molecule has 130 valence electrons. The van der Waals surface area contributed by atoms with Gasteiger partial charge in [0.15, 0.2) is 6.61 Å². The summed E-state index contributed by atoms with van der Waals surface area (Å²) in [6.07, 6.45) is 0. The van der Waals surface area contributed by atoms with E-state index >= 15 is 0 Å². The van der Waals surface area contributed by atoms with Crippen molar-refractivity contribution in [3.05, 3.63) is 71.0 Å². The van der Waals surface area contributed by atoms with Gasteiger partial charge in [-0.15, -0.1) is 0 Å². The van der Waals surface area contributed by atoms with Gasteiger partial charge in [-0.1, -0.05) is 47.6 Å². The minimum Gasteiger partial charge on any atom is -0.496 e. The van der Waals surface area contributed by atoms with Crippen LogP contribution in [-0.2, 0) is 6.61 Å². The van der Waals surface area contributed by atoms with Crippen LogP contribution in [0.25, 0.3) is 22.2 Å². The maximum atomic E-state index is 5.86. The molecule has 1 heterocycles. The van der Waals surface area contributed by atoms with Crippen molar-refractivity contribution in [3.8, 4) is 22.9 Å². The van der Waals surface area contributed by atoms with Crippen molar-refractivity contribution >= 4 is 26.7 Å². The number of hydrogen-bond donors (Lipinski definition) is 0. The van der Waals surface area contributed by atoms with E-state index in [0.29, 0.717) is 17.5 Å². The molecule has 4 rings (SSSR count). The van der Waals surface area contributed by atoms with E-state index in [1.807, 2.05) is 54.6 Å². The van der Waals surface area contributed by atoms with Crippen LogP contribution in [0.2, 0.25) is 0 Å². The highest BCUT2D eigenvalue weighted by Gasteiger charge is 2.14. The zero-order chi connectivity index (χ0) is 17.9. The minimum absolute atomic E-state index is 0.180. The number of fused-ring (bicyclic) bond motifs is 1. The minimum atomic E-state index is 0.180. The molecule has 0 saturated carbocycles. The second-order valence-corrected chi connectivity index (χ2v) is 6.39. The van der Waals surface area contributed by atoms with Crippen molar-refractivity contribution in [2.45, 2.75) is 6.61 Å². The average molecular weight is 411 g/mol. The third-order valence-electron chi connectivity index (χ3n) is 3.99. The standard InChI is InChI=1S/C20H15BrN2O3/c1-24-16-9-5-4-8-15(16)20-22-18(26-23-20)12-25-17-11-10-13-6-2-3-7-14(13)19(17)21/h2-11H,12H2,1H3. The molecule has 3 aromatic carbocycles. The zero-order valence-electron chi connectivity index (χ0n) is 14.0. The first-order chi connectivity index (χ1) is 12.8. The number of rotatable bonds is 5. The Morgan fingerprint density at radius 3 is 2.65 bits per heavy atom. The highest BCUT2D eigenvalue weighted by atomic mass is 79.9. The molecule has 1 aromatic heterocycles. The fraction of sp³-hybridized carbons (Fsp3) is 0.100. The molecule has 0 amide bonds. The number of hydrogen-bond acceptors (Lipinski definition) is 5. The van der Waals surface area contributed by atoms with E-state index in [1.54, 1.807) is 7.11 Å². The molecular formula is C20H15BrN2O3. The van der Waals surface area contributed by atoms with Crippen LogP contribution >= 0.6 is 15.9 Å². The summed E-state index contributed by atoms with van der Waals surface area (Å²) in [7, 11) is 1.61. The monoisotopic (exact) mass is 410 g/mol. The predicted octanol–water partition coefficient (Wildman–Crippen LogP) is 5.24. The summed E-state index contributed by atoms with van der Waals surface area (Å²) in [5.41, 5.74) is 0.775. The Hall–Kier alpha value is -2.86. The molecule has 0 radical (unpaired) electrons. The van der Waals surface area contributed by atoms with Crippen LogP contribution in [0.15, 0.2) is 69.7 Å². The second-order valence-electron chi connectivity index (χ2n) is 5.60. The molecule has 5 nitrogen and oxygen atoms in total. The van der Waals surface area contributed by atoms with E-state index in [2.05, 4.69) is 32.1 Å². The van der Waals surface area contributed by atoms with Gasteiger partial charge in [0.1, 0.15) is 11.5 Å². The molecule has 0 aliphatic heterocycles. The quantitative estimate of drug-likeness (QED) is 0.450. The van der Waals surface area contributed by atoms with E-state index in [-0.39, 0.29) is 6.61 Å². The summed E-state index contributed by atoms with van der Waals surface area (Å²) < 4.78 is 17.4. The SMILES string of the molecule is COc1ccccc1-c1noc(COc2ccc3ccccc3c2Br)n1. The van der Waals surface area contributed by atoms with E-state index in [4.69, 9.17) is 14.0 Å². The van der Waals surface area contributed by atoms with Crippen molar-refractivity contribution in [1.82, 2.24) is 10.1 Å². The summed E-state index contributed by atoms with van der Waals surface area (Å²) >= 11 is 3.61. The Bertz CT molecular complexity index is 1060. The number of benzene rings is 3. The summed E-state index contributed by atoms with van der Waals surface area (Å²) in [4.78, 5) is 4.40. The van der Waals surface area contributed by atoms with Gasteiger partial charge in [0.05, 0.1) is 17.1 Å². The lowest BCUT2D eigenvalue weighted by atomic mass is 10.1. The maximum Gasteiger partial charge on any atom is 0.264 e. The van der Waals surface area contributed by atoms with Gasteiger partial charge in [-0.3, -0.25) is 0 Å². The van der Waals surface area contributed by atoms with Gasteiger partial charge >= 0.3 is 0 Å². The lowest BCUT2D eigenvalue weighted by Gasteiger charge is -2.08. The van der Waals surface area contributed by atoms with Crippen LogP contribution in [0.3, 0.4) is 0 Å². The number of ether oxygens (including phenoxy) is 2. The van der Waals surface area contributed by atoms with Gasteiger partial charge in [0.2, 0.25) is 5.82 Å². The molecule has 26 heavy (non-hydrogen) atoms. The summed E-state index contributed by atoms with van der Waals surface area (Å²) in [5.74, 6) is 2.28. The number of methoxy groups -OCH3 is 1. The molecule has 0 spiro atoms. The molecule has 6 heteroatoms. The third kappa shape index (κ3) is 3.15. The van der Waals surface area contributed by atoms with E-state index in [9.17, 15) is 0 Å². The Morgan fingerprint density at radius 1 is 0.962 bits per heavy atom. The maximum absolute atomic E-state index is 5.86. The first kappa shape index (κ1) is 16.6. The smallest absolute Gasteiger partial charge is 0.264 e. The van der Waals surface area contributed by atoms with Gasteiger partial charge in [0.25, 0.3) is 5.89 Å². The van der Waals surface area contributed by atoms with Crippen molar-refractivity contribution in [3.63, 3.8) is 0 Å². The largest absolute Gasteiger partial charge is 0.496 e. The molecule has 0 aliphatic carbocycles. The Kier molecular flexibility index (Phi) is 4.58. The molecule has 4 aromatic rings. The normalized spacial score (nSPS) is 10.8. The van der Waals surface area contributed by atoms with Crippen LogP contribution in [0.1, 0.15) is 5.89 Å². The fourth-order valence-corrected chi connectivity index (χ4v) is 3.32. The Morgan fingerprint density at radius 2 is 1.77 bits per heavy atom. The van der Waals surface area contributed by atoms with Crippen LogP contribution < -0.4 is 9.47 Å². The second kappa shape index (κ2) is 7.17. The summed E-state index contributed by atoms with van der Waals surface area (Å²) in [5, 5.41) is 6.25. The van der Waals surface area contributed by atoms with Crippen molar-refractivity contribution in [2.75, 3.05) is 7.11 Å². The molecule has 0 unspecified atom stereocenters. The number of aromatic nitrogens is 2. The van der Waals surface area contributed by atoms with E-state index in [0.717, 1.165) is 26.6 Å². The fourth-order valence-electron chi connectivity index (χ4n) is 2.72.